The van der Waals surface area contributed by atoms with Crippen molar-refractivity contribution in [2.24, 2.45) is 0 Å². The van der Waals surface area contributed by atoms with Crippen LogP contribution in [0.25, 0.3) is 78.4 Å². The molecule has 0 N–H and O–H groups in total. The molecule has 0 amide bonds. The summed E-state index contributed by atoms with van der Waals surface area (Å²) in [6.07, 6.45) is 6.43. The van der Waals surface area contributed by atoms with Gasteiger partial charge in [-0.1, -0.05) is 171 Å². The van der Waals surface area contributed by atoms with Crippen LogP contribution in [0.3, 0.4) is 0 Å². The Bertz CT molecular complexity index is 2580. The van der Waals surface area contributed by atoms with Gasteiger partial charge in [0.2, 0.25) is 0 Å². The third-order valence-corrected chi connectivity index (χ3v) is 11.7. The van der Waals surface area contributed by atoms with Crippen LogP contribution in [-0.2, 0) is 5.41 Å². The maximum absolute atomic E-state index is 5.09. The van der Waals surface area contributed by atoms with Crippen molar-refractivity contribution in [3.8, 4) is 78.4 Å². The van der Waals surface area contributed by atoms with Crippen LogP contribution in [0, 0.1) is 0 Å². The molecule has 1 fully saturated rings. The average molecular weight is 693 g/mol. The number of fused-ring (bicyclic) bond motifs is 5. The van der Waals surface area contributed by atoms with Crippen LogP contribution in [0.15, 0.2) is 182 Å². The van der Waals surface area contributed by atoms with Gasteiger partial charge in [0.25, 0.3) is 0 Å². The third kappa shape index (κ3) is 5.76. The molecule has 0 atom stereocenters. The monoisotopic (exact) mass is 692 g/mol. The van der Waals surface area contributed by atoms with Gasteiger partial charge in [0.05, 0.1) is 11.4 Å². The first-order chi connectivity index (χ1) is 26.7. The molecule has 1 heterocycles. The summed E-state index contributed by atoms with van der Waals surface area (Å²) in [5.41, 5.74) is 18.3. The minimum Gasteiger partial charge on any atom is -0.228 e. The summed E-state index contributed by atoms with van der Waals surface area (Å²) in [6, 6.07) is 65.8. The lowest BCUT2D eigenvalue weighted by atomic mass is 9.67. The molecule has 0 bridgehead atoms. The smallest absolute Gasteiger partial charge is 0.160 e. The molecule has 2 nitrogen and oxygen atoms in total. The van der Waals surface area contributed by atoms with E-state index >= 15 is 0 Å². The van der Waals surface area contributed by atoms with Crippen LogP contribution in [0.2, 0.25) is 0 Å². The Kier molecular flexibility index (Phi) is 8.10. The van der Waals surface area contributed by atoms with Gasteiger partial charge in [-0.2, -0.15) is 0 Å². The molecule has 54 heavy (non-hydrogen) atoms. The zero-order valence-electron chi connectivity index (χ0n) is 30.3. The largest absolute Gasteiger partial charge is 0.228 e. The van der Waals surface area contributed by atoms with E-state index in [2.05, 4.69) is 158 Å². The zero-order chi connectivity index (χ0) is 35.9. The molecule has 10 rings (SSSR count). The first kappa shape index (κ1) is 32.3. The van der Waals surface area contributed by atoms with Crippen molar-refractivity contribution < 1.29 is 0 Å². The van der Waals surface area contributed by atoms with Gasteiger partial charge in [-0.05, 0) is 98.8 Å². The highest BCUT2D eigenvalue weighted by Gasteiger charge is 2.43. The number of aromatic nitrogens is 2. The maximum Gasteiger partial charge on any atom is 0.160 e. The number of hydrogen-bond donors (Lipinski definition) is 0. The quantitative estimate of drug-likeness (QED) is 0.173. The highest BCUT2D eigenvalue weighted by molar-refractivity contribution is 5.85. The molecular formula is C52H40N2. The van der Waals surface area contributed by atoms with E-state index in [1.54, 1.807) is 5.56 Å². The Balaban J connectivity index is 0.993. The second kappa shape index (κ2) is 13.5. The summed E-state index contributed by atoms with van der Waals surface area (Å²) in [6.45, 7) is 0. The van der Waals surface area contributed by atoms with Gasteiger partial charge >= 0.3 is 0 Å². The minimum absolute atomic E-state index is 0.151. The van der Waals surface area contributed by atoms with Crippen molar-refractivity contribution >= 4 is 0 Å². The molecule has 1 aromatic heterocycles. The van der Waals surface area contributed by atoms with Crippen molar-refractivity contribution in [3.63, 3.8) is 0 Å². The molecule has 0 aliphatic heterocycles. The van der Waals surface area contributed by atoms with Crippen molar-refractivity contribution in [1.82, 2.24) is 9.97 Å². The fraction of sp³-hybridized carbons (Fsp3) is 0.115. The van der Waals surface area contributed by atoms with E-state index in [1.165, 1.54) is 76.6 Å². The van der Waals surface area contributed by atoms with E-state index in [-0.39, 0.29) is 5.41 Å². The molecule has 2 aliphatic rings. The van der Waals surface area contributed by atoms with E-state index in [9.17, 15) is 0 Å². The van der Waals surface area contributed by atoms with Gasteiger partial charge in [0, 0.05) is 22.1 Å². The van der Waals surface area contributed by atoms with Crippen LogP contribution >= 0.6 is 0 Å². The SMILES string of the molecule is c1ccc(-c2cc(-c3cccc(-c4cccc(-c5cccc(-c6ccc7c(c6)C6(CCCCC6)c6ccccc6-7)c5)c4)c3)nc(-c3ccccc3)n2)cc1. The Morgan fingerprint density at radius 3 is 1.41 bits per heavy atom. The first-order valence-corrected chi connectivity index (χ1v) is 19.3. The second-order valence-corrected chi connectivity index (χ2v) is 14.9. The zero-order valence-corrected chi connectivity index (χ0v) is 30.3. The molecule has 2 heteroatoms. The molecule has 8 aromatic rings. The lowest BCUT2D eigenvalue weighted by Crippen LogP contribution is -2.28. The minimum atomic E-state index is 0.151. The number of benzene rings is 7. The Morgan fingerprint density at radius 1 is 0.315 bits per heavy atom. The lowest BCUT2D eigenvalue weighted by molar-refractivity contribution is 0.353. The predicted octanol–water partition coefficient (Wildman–Crippen LogP) is 13.7. The molecule has 0 unspecified atom stereocenters. The molecule has 2 aliphatic carbocycles. The van der Waals surface area contributed by atoms with E-state index < -0.39 is 0 Å². The van der Waals surface area contributed by atoms with Crippen molar-refractivity contribution in [3.05, 3.63) is 193 Å². The van der Waals surface area contributed by atoms with E-state index in [4.69, 9.17) is 9.97 Å². The highest BCUT2D eigenvalue weighted by Crippen LogP contribution is 2.56. The molecule has 1 spiro atoms. The van der Waals surface area contributed by atoms with Gasteiger partial charge in [-0.3, -0.25) is 0 Å². The number of rotatable bonds is 6. The van der Waals surface area contributed by atoms with Crippen LogP contribution < -0.4 is 0 Å². The van der Waals surface area contributed by atoms with Gasteiger partial charge in [0.15, 0.2) is 5.82 Å². The van der Waals surface area contributed by atoms with Crippen molar-refractivity contribution in [2.75, 3.05) is 0 Å². The van der Waals surface area contributed by atoms with E-state index in [1.807, 2.05) is 24.3 Å². The predicted molar refractivity (Wildman–Crippen MR) is 224 cm³/mol. The summed E-state index contributed by atoms with van der Waals surface area (Å²) in [5.74, 6) is 0.723. The normalized spacial score (nSPS) is 14.1. The van der Waals surface area contributed by atoms with Crippen LogP contribution in [0.5, 0.6) is 0 Å². The Labute approximate surface area is 317 Å². The molecule has 0 radical (unpaired) electrons. The highest BCUT2D eigenvalue weighted by atomic mass is 14.9. The lowest BCUT2D eigenvalue weighted by Gasteiger charge is -2.36. The summed E-state index contributed by atoms with van der Waals surface area (Å²) in [5, 5.41) is 0. The van der Waals surface area contributed by atoms with Crippen molar-refractivity contribution in [1.29, 1.82) is 0 Å². The average Bonchev–Trinajstić information content (AvgIpc) is 3.52. The first-order valence-electron chi connectivity index (χ1n) is 19.3. The van der Waals surface area contributed by atoms with Gasteiger partial charge in [0.1, 0.15) is 0 Å². The van der Waals surface area contributed by atoms with Gasteiger partial charge in [-0.15, -0.1) is 0 Å². The van der Waals surface area contributed by atoms with Crippen LogP contribution in [-0.4, -0.2) is 9.97 Å². The summed E-state index contributed by atoms with van der Waals surface area (Å²) >= 11 is 0. The summed E-state index contributed by atoms with van der Waals surface area (Å²) in [4.78, 5) is 10.1. The fourth-order valence-electron chi connectivity index (χ4n) is 9.01. The molecule has 7 aromatic carbocycles. The molecule has 1 saturated carbocycles. The molecule has 0 saturated heterocycles. The van der Waals surface area contributed by atoms with Gasteiger partial charge in [-0.25, -0.2) is 9.97 Å². The molecular weight excluding hydrogens is 653 g/mol. The van der Waals surface area contributed by atoms with Crippen LogP contribution in [0.1, 0.15) is 43.2 Å². The molecule has 258 valence electrons. The van der Waals surface area contributed by atoms with Crippen LogP contribution in [0.4, 0.5) is 0 Å². The van der Waals surface area contributed by atoms with Crippen molar-refractivity contribution in [2.45, 2.75) is 37.5 Å². The topological polar surface area (TPSA) is 25.8 Å². The maximum atomic E-state index is 5.09. The third-order valence-electron chi connectivity index (χ3n) is 11.7. The Morgan fingerprint density at radius 2 is 0.778 bits per heavy atom. The summed E-state index contributed by atoms with van der Waals surface area (Å²) in [7, 11) is 0. The number of hydrogen-bond acceptors (Lipinski definition) is 2. The summed E-state index contributed by atoms with van der Waals surface area (Å²) < 4.78 is 0. The number of nitrogens with zero attached hydrogens (tertiary/aromatic N) is 2. The second-order valence-electron chi connectivity index (χ2n) is 14.9. The standard InChI is InChI=1S/C52H40N2/c1-4-15-36(16-5-1)49-35-50(54-51(53-49)37-17-6-2-7-18-37)44-24-14-23-42(33-44)40-21-12-19-38(31-40)39-20-13-22-41(32-39)43-27-28-46-45-25-8-9-26-47(45)52(48(46)34-43)29-10-3-11-30-52/h1-2,4-9,12-28,31-35H,3,10-11,29-30H2. The fourth-order valence-corrected chi connectivity index (χ4v) is 9.01. The Hall–Kier alpha value is -6.38. The van der Waals surface area contributed by atoms with Gasteiger partial charge < -0.3 is 0 Å². The van der Waals surface area contributed by atoms with E-state index in [0.29, 0.717) is 0 Å². The van der Waals surface area contributed by atoms with E-state index in [0.717, 1.165) is 39.5 Å².